The Morgan fingerprint density at radius 3 is 2.67 bits per heavy atom. The maximum atomic E-state index is 12.3. The zero-order valence-corrected chi connectivity index (χ0v) is 16.6. The molecule has 0 aromatic heterocycles. The fraction of sp³-hybridized carbons (Fsp3) is 0.500. The van der Waals surface area contributed by atoms with Gasteiger partial charge in [-0.25, -0.2) is 0 Å². The van der Waals surface area contributed by atoms with E-state index in [-0.39, 0.29) is 61.5 Å². The summed E-state index contributed by atoms with van der Waals surface area (Å²) in [5.41, 5.74) is -0.0495. The number of alkyl halides is 1. The first-order valence-electron chi connectivity index (χ1n) is 8.61. The molecule has 3 rings (SSSR count). The average molecular weight is 491 g/mol. The van der Waals surface area contributed by atoms with Crippen LogP contribution < -0.4 is 29.7 Å². The van der Waals surface area contributed by atoms with Crippen molar-refractivity contribution < 1.29 is 56.1 Å². The summed E-state index contributed by atoms with van der Waals surface area (Å²) in [6.07, 6.45) is 0.651. The summed E-state index contributed by atoms with van der Waals surface area (Å²) in [6, 6.07) is 2.97. The Hall–Kier alpha value is -1.57. The first kappa shape index (κ1) is 20.2. The number of carboxylic acid groups (broad SMARTS) is 1. The summed E-state index contributed by atoms with van der Waals surface area (Å²) >= 11 is -0.293. The van der Waals surface area contributed by atoms with E-state index in [1.165, 1.54) is 12.1 Å². The van der Waals surface area contributed by atoms with Crippen LogP contribution in [0.2, 0.25) is 6.32 Å². The summed E-state index contributed by atoms with van der Waals surface area (Å²) in [4.78, 5) is 25.6. The molecule has 148 valence electrons. The van der Waals surface area contributed by atoms with Gasteiger partial charge in [-0.1, -0.05) is 0 Å². The molecule has 2 heterocycles. The van der Waals surface area contributed by atoms with Crippen LogP contribution in [-0.4, -0.2) is 73.8 Å². The Morgan fingerprint density at radius 2 is 2.07 bits per heavy atom. The van der Waals surface area contributed by atoms with Crippen molar-refractivity contribution in [1.29, 1.82) is 0 Å². The predicted molar refractivity (Wildman–Crippen MR) is 91.2 cm³/mol. The van der Waals surface area contributed by atoms with Crippen molar-refractivity contribution in [3.63, 3.8) is 0 Å². The molecule has 1 aromatic carbocycles. The van der Waals surface area contributed by atoms with Crippen LogP contribution in [0.3, 0.4) is 0 Å². The van der Waals surface area contributed by atoms with Crippen LogP contribution in [0.25, 0.3) is 0 Å². The zero-order valence-electron chi connectivity index (χ0n) is 14.5. The second kappa shape index (κ2) is 8.63. The third kappa shape index (κ3) is 4.65. The van der Waals surface area contributed by atoms with Crippen LogP contribution in [-0.2, 0) is 11.2 Å². The average Bonchev–Trinajstić information content (AvgIpc) is 3.10. The first-order valence-corrected chi connectivity index (χ1v) is 10.9. The van der Waals surface area contributed by atoms with Gasteiger partial charge in [0.2, 0.25) is 0 Å². The Balaban J connectivity index is 1.64. The molecule has 2 saturated heterocycles. The minimum atomic E-state index is -1.54. The number of amides is 1. The van der Waals surface area contributed by atoms with Gasteiger partial charge in [0.1, 0.15) is 0 Å². The van der Waals surface area contributed by atoms with Gasteiger partial charge in [0.05, 0.1) is 0 Å². The third-order valence-corrected chi connectivity index (χ3v) is 7.42. The standard InChI is InChI=1S/C16H21BIN2O7/c21-14-9(3-5-17(25)26)1-2-12(13(14)16(23)24)27-10-7-20(8-10)15(22)11-4-6-19-18-11/h1-2,10-11,19,21,25-26H,3-8H2,(H,23,24)/q-1. The summed E-state index contributed by atoms with van der Waals surface area (Å²) in [6.45, 7) is 1.69. The Labute approximate surface area is 167 Å². The van der Waals surface area contributed by atoms with Gasteiger partial charge in [0, 0.05) is 0 Å². The number of nitrogens with zero attached hydrogens (tertiary/aromatic N) is 1. The summed E-state index contributed by atoms with van der Waals surface area (Å²) in [5, 5.41) is 37.6. The number of likely N-dealkylation sites (tertiary alicyclic amines) is 1. The van der Waals surface area contributed by atoms with Gasteiger partial charge in [0.25, 0.3) is 0 Å². The molecule has 5 N–H and O–H groups in total. The molecule has 0 saturated carbocycles. The number of halogens is 1. The normalized spacial score (nSPS) is 19.9. The summed E-state index contributed by atoms with van der Waals surface area (Å²) in [7, 11) is -1.54. The Bertz CT molecular complexity index is 721. The van der Waals surface area contributed by atoms with E-state index in [2.05, 4.69) is 3.53 Å². The number of carbonyl (C=O) groups is 2. The predicted octanol–water partition coefficient (Wildman–Crippen LogP) is -3.94. The fourth-order valence-electron chi connectivity index (χ4n) is 3.03. The topological polar surface area (TPSA) is 140 Å². The number of phenols is 1. The molecule has 9 nitrogen and oxygen atoms in total. The van der Waals surface area contributed by atoms with Crippen molar-refractivity contribution in [3.05, 3.63) is 23.3 Å². The van der Waals surface area contributed by atoms with Crippen molar-refractivity contribution in [2.24, 2.45) is 0 Å². The number of ether oxygens (including phenoxy) is 1. The van der Waals surface area contributed by atoms with E-state index in [1.54, 1.807) is 4.90 Å². The van der Waals surface area contributed by atoms with E-state index in [4.69, 9.17) is 14.8 Å². The van der Waals surface area contributed by atoms with Crippen molar-refractivity contribution >= 4 is 19.0 Å². The van der Waals surface area contributed by atoms with E-state index in [0.29, 0.717) is 18.7 Å². The quantitative estimate of drug-likeness (QED) is 0.113. The fourth-order valence-corrected chi connectivity index (χ4v) is 5.47. The van der Waals surface area contributed by atoms with Crippen LogP contribution in [0, 0.1) is 0 Å². The number of carboxylic acids is 1. The van der Waals surface area contributed by atoms with E-state index >= 15 is 0 Å². The van der Waals surface area contributed by atoms with Crippen LogP contribution in [0.4, 0.5) is 0 Å². The molecular weight excluding hydrogens is 470 g/mol. The van der Waals surface area contributed by atoms with Crippen LogP contribution in [0.15, 0.2) is 12.1 Å². The van der Waals surface area contributed by atoms with Gasteiger partial charge in [-0.05, 0) is 0 Å². The number of aromatic hydroxyl groups is 1. The second-order valence-electron chi connectivity index (χ2n) is 6.50. The van der Waals surface area contributed by atoms with Crippen LogP contribution >= 0.6 is 0 Å². The van der Waals surface area contributed by atoms with Gasteiger partial charge in [0.15, 0.2) is 0 Å². The molecule has 27 heavy (non-hydrogen) atoms. The molecule has 0 bridgehead atoms. The molecule has 1 atom stereocenters. The number of benzene rings is 1. The number of hydrogen-bond acceptors (Lipinski definition) is 7. The first-order chi connectivity index (χ1) is 12.9. The molecule has 0 spiro atoms. The molecule has 2 aliphatic heterocycles. The minimum absolute atomic E-state index is 0.0227. The van der Waals surface area contributed by atoms with E-state index in [0.717, 1.165) is 13.0 Å². The molecule has 2 fully saturated rings. The van der Waals surface area contributed by atoms with E-state index in [1.807, 2.05) is 0 Å². The number of aryl methyl sites for hydroxylation is 1. The van der Waals surface area contributed by atoms with Crippen molar-refractivity contribution in [3.8, 4) is 11.5 Å². The van der Waals surface area contributed by atoms with Gasteiger partial charge >= 0.3 is 157 Å². The molecule has 1 aromatic rings. The van der Waals surface area contributed by atoms with E-state index in [9.17, 15) is 19.8 Å². The van der Waals surface area contributed by atoms with Gasteiger partial charge in [-0.15, -0.1) is 0 Å². The molecule has 1 unspecified atom stereocenters. The Morgan fingerprint density at radius 1 is 1.33 bits per heavy atom. The van der Waals surface area contributed by atoms with Crippen molar-refractivity contribution in [1.82, 2.24) is 8.43 Å². The number of rotatable bonds is 7. The maximum absolute atomic E-state index is 12.3. The summed E-state index contributed by atoms with van der Waals surface area (Å²) in [5.74, 6) is -1.59. The summed E-state index contributed by atoms with van der Waals surface area (Å²) < 4.78 is 9.07. The number of hydrogen-bond donors (Lipinski definition) is 5. The molecule has 2 aliphatic rings. The molecule has 0 radical (unpaired) electrons. The Kier molecular flexibility index (Phi) is 6.45. The number of aromatic carboxylic acids is 1. The monoisotopic (exact) mass is 491 g/mol. The molecule has 0 aliphatic carbocycles. The zero-order chi connectivity index (χ0) is 19.6. The number of carbonyl (C=O) groups excluding carboxylic acids is 1. The molecular formula is C16H21BIN2O7-. The van der Waals surface area contributed by atoms with Crippen molar-refractivity contribution in [2.45, 2.75) is 29.2 Å². The van der Waals surface area contributed by atoms with Crippen molar-refractivity contribution in [2.75, 3.05) is 19.6 Å². The molecule has 1 amide bonds. The van der Waals surface area contributed by atoms with Gasteiger partial charge in [-0.2, -0.15) is 0 Å². The van der Waals surface area contributed by atoms with Crippen LogP contribution in [0.5, 0.6) is 11.5 Å². The third-order valence-electron chi connectivity index (χ3n) is 4.53. The van der Waals surface area contributed by atoms with E-state index < -0.39 is 18.8 Å². The number of nitrogens with one attached hydrogen (secondary N) is 1. The SMILES string of the molecule is O=C(O)c1c(OC2CN(C(=O)C3CCN[I-]3)C2)ccc(CCB(O)O)c1O. The molecule has 11 heteroatoms. The van der Waals surface area contributed by atoms with Gasteiger partial charge in [-0.3, -0.25) is 0 Å². The van der Waals surface area contributed by atoms with Gasteiger partial charge < -0.3 is 10.0 Å². The second-order valence-corrected chi connectivity index (χ2v) is 9.39. The van der Waals surface area contributed by atoms with Crippen LogP contribution in [0.1, 0.15) is 22.3 Å².